The summed E-state index contributed by atoms with van der Waals surface area (Å²) < 4.78 is 11.0. The number of methoxy groups -OCH3 is 2. The number of pyridine rings is 1. The zero-order chi connectivity index (χ0) is 22.4. The topological polar surface area (TPSA) is 34.6 Å². The van der Waals surface area contributed by atoms with E-state index in [4.69, 9.17) is 14.5 Å². The third-order valence-electron chi connectivity index (χ3n) is 5.27. The van der Waals surface area contributed by atoms with Crippen molar-refractivity contribution >= 4 is 22.2 Å². The van der Waals surface area contributed by atoms with Gasteiger partial charge < -0.3 is 14.4 Å². The highest BCUT2D eigenvalue weighted by Crippen LogP contribution is 2.38. The van der Waals surface area contributed by atoms with Gasteiger partial charge in [-0.15, -0.1) is 0 Å². The minimum absolute atomic E-state index is 0.695. The first-order valence-corrected chi connectivity index (χ1v) is 10.3. The summed E-state index contributed by atoms with van der Waals surface area (Å²) in [6.45, 7) is 12.6. The molecule has 2 aromatic rings. The number of aromatic nitrogens is 1. The second-order valence-corrected chi connectivity index (χ2v) is 7.34. The van der Waals surface area contributed by atoms with Crippen LogP contribution in [0.3, 0.4) is 0 Å². The summed E-state index contributed by atoms with van der Waals surface area (Å²) in [5, 5.41) is 2.08. The van der Waals surface area contributed by atoms with E-state index in [-0.39, 0.29) is 0 Å². The molecule has 0 fully saturated rings. The molecule has 0 aliphatic heterocycles. The fraction of sp³-hybridized carbons (Fsp3) is 0.346. The van der Waals surface area contributed by atoms with Crippen molar-refractivity contribution in [3.63, 3.8) is 0 Å². The van der Waals surface area contributed by atoms with Crippen LogP contribution in [0, 0.1) is 0 Å². The quantitative estimate of drug-likeness (QED) is 0.464. The Labute approximate surface area is 181 Å². The smallest absolute Gasteiger partial charge is 0.161 e. The first-order valence-electron chi connectivity index (χ1n) is 10.3. The van der Waals surface area contributed by atoms with Gasteiger partial charge in [-0.25, -0.2) is 4.98 Å². The van der Waals surface area contributed by atoms with Gasteiger partial charge >= 0.3 is 0 Å². The second kappa shape index (κ2) is 10.1. The predicted molar refractivity (Wildman–Crippen MR) is 130 cm³/mol. The summed E-state index contributed by atoms with van der Waals surface area (Å²) in [5.41, 5.74) is 5.51. The van der Waals surface area contributed by atoms with E-state index in [0.717, 1.165) is 39.9 Å². The van der Waals surface area contributed by atoms with E-state index >= 15 is 0 Å². The van der Waals surface area contributed by atoms with E-state index in [1.807, 2.05) is 44.1 Å². The van der Waals surface area contributed by atoms with Crippen LogP contribution in [0.1, 0.15) is 39.8 Å². The van der Waals surface area contributed by atoms with Gasteiger partial charge in [0, 0.05) is 19.5 Å². The van der Waals surface area contributed by atoms with E-state index < -0.39 is 0 Å². The lowest BCUT2D eigenvalue weighted by Gasteiger charge is -2.20. The Hall–Kier alpha value is -3.01. The van der Waals surface area contributed by atoms with Gasteiger partial charge in [-0.1, -0.05) is 31.7 Å². The molecule has 0 aliphatic carbocycles. The molecule has 0 amide bonds. The number of allylic oxidation sites excluding steroid dienone is 7. The van der Waals surface area contributed by atoms with Crippen LogP contribution < -0.4 is 14.4 Å². The normalized spacial score (nSPS) is 12.9. The van der Waals surface area contributed by atoms with Gasteiger partial charge in [0.25, 0.3) is 0 Å². The van der Waals surface area contributed by atoms with Crippen molar-refractivity contribution in [3.05, 3.63) is 65.4 Å². The zero-order valence-electron chi connectivity index (χ0n) is 19.6. The lowest BCUT2D eigenvalue weighted by molar-refractivity contribution is 0.356. The molecular weight excluding hydrogens is 372 g/mol. The van der Waals surface area contributed by atoms with Gasteiger partial charge in [-0.2, -0.15) is 0 Å². The van der Waals surface area contributed by atoms with Crippen LogP contribution in [0.15, 0.2) is 59.7 Å². The van der Waals surface area contributed by atoms with Crippen LogP contribution >= 0.6 is 0 Å². The highest BCUT2D eigenvalue weighted by atomic mass is 16.5. The average molecular weight is 407 g/mol. The monoisotopic (exact) mass is 406 g/mol. The lowest BCUT2D eigenvalue weighted by Crippen LogP contribution is -2.12. The third kappa shape index (κ3) is 4.59. The number of hydrogen-bond acceptors (Lipinski definition) is 4. The Morgan fingerprint density at radius 1 is 1.10 bits per heavy atom. The molecule has 0 aliphatic rings. The molecule has 0 atom stereocenters. The van der Waals surface area contributed by atoms with Crippen molar-refractivity contribution in [2.45, 2.75) is 34.1 Å². The van der Waals surface area contributed by atoms with Gasteiger partial charge in [-0.05, 0) is 73.1 Å². The summed E-state index contributed by atoms with van der Waals surface area (Å²) in [6.07, 6.45) is 7.12. The first-order chi connectivity index (χ1) is 14.3. The predicted octanol–water partition coefficient (Wildman–Crippen LogP) is 6.58. The summed E-state index contributed by atoms with van der Waals surface area (Å²) in [4.78, 5) is 7.06. The molecule has 0 spiro atoms. The Balaban J connectivity index is 2.80. The fourth-order valence-corrected chi connectivity index (χ4v) is 3.79. The van der Waals surface area contributed by atoms with Crippen molar-refractivity contribution in [2.75, 3.05) is 33.2 Å². The minimum Gasteiger partial charge on any atom is -0.493 e. The Bertz CT molecular complexity index is 1030. The van der Waals surface area contributed by atoms with Gasteiger partial charge in [-0.3, -0.25) is 0 Å². The number of fused-ring (bicyclic) bond motifs is 1. The molecule has 1 heterocycles. The average Bonchev–Trinajstić information content (AvgIpc) is 2.73. The molecule has 160 valence electrons. The summed E-state index contributed by atoms with van der Waals surface area (Å²) in [5.74, 6) is 2.29. The van der Waals surface area contributed by atoms with Gasteiger partial charge in [0.2, 0.25) is 0 Å². The Kier molecular flexibility index (Phi) is 7.87. The van der Waals surface area contributed by atoms with Crippen LogP contribution in [0.25, 0.3) is 16.3 Å². The maximum Gasteiger partial charge on any atom is 0.161 e. The van der Waals surface area contributed by atoms with E-state index in [1.54, 1.807) is 14.2 Å². The largest absolute Gasteiger partial charge is 0.493 e. The molecular formula is C26H34N2O2. The standard InChI is InChI=1S/C26H34N2O2/c1-10-13-17(4)20(11-2)18(5)21(12-3)23-14-19-15-24(29-8)25(30-9)16-22(19)26(27-23)28(6)7/h10,12-16H,4,11H2,1-3,5-9H3. The SMILES string of the molecule is C=C(C=CC)C(CC)=C(C)C(=CC)c1cc2cc(OC)c(OC)cc2c(N(C)C)n1. The van der Waals surface area contributed by atoms with Crippen LogP contribution in [0.5, 0.6) is 11.5 Å². The lowest BCUT2D eigenvalue weighted by atomic mass is 9.91. The number of rotatable bonds is 8. The van der Waals surface area contributed by atoms with E-state index in [1.165, 1.54) is 11.1 Å². The Morgan fingerprint density at radius 3 is 2.23 bits per heavy atom. The molecule has 2 rings (SSSR count). The van der Waals surface area contributed by atoms with Crippen molar-refractivity contribution in [3.8, 4) is 11.5 Å². The summed E-state index contributed by atoms with van der Waals surface area (Å²) in [7, 11) is 7.32. The van der Waals surface area contributed by atoms with Crippen LogP contribution in [-0.2, 0) is 0 Å². The maximum atomic E-state index is 5.53. The molecule has 1 aromatic carbocycles. The van der Waals surface area contributed by atoms with Crippen LogP contribution in [0.2, 0.25) is 0 Å². The van der Waals surface area contributed by atoms with Gasteiger partial charge in [0.05, 0.1) is 19.9 Å². The number of hydrogen-bond donors (Lipinski definition) is 0. The van der Waals surface area contributed by atoms with Crippen molar-refractivity contribution in [1.82, 2.24) is 4.98 Å². The van der Waals surface area contributed by atoms with E-state index in [9.17, 15) is 0 Å². The molecule has 0 radical (unpaired) electrons. The van der Waals surface area contributed by atoms with Crippen LogP contribution in [-0.4, -0.2) is 33.3 Å². The van der Waals surface area contributed by atoms with Gasteiger partial charge in [0.15, 0.2) is 11.5 Å². The van der Waals surface area contributed by atoms with Crippen molar-refractivity contribution in [1.29, 1.82) is 0 Å². The molecule has 0 saturated carbocycles. The number of benzene rings is 1. The number of ether oxygens (including phenoxy) is 2. The first kappa shape index (κ1) is 23.3. The molecule has 4 heteroatoms. The zero-order valence-corrected chi connectivity index (χ0v) is 19.6. The molecule has 0 N–H and O–H groups in total. The second-order valence-electron chi connectivity index (χ2n) is 7.34. The van der Waals surface area contributed by atoms with Crippen molar-refractivity contribution < 1.29 is 9.47 Å². The Morgan fingerprint density at radius 2 is 1.73 bits per heavy atom. The van der Waals surface area contributed by atoms with Gasteiger partial charge in [0.1, 0.15) is 5.82 Å². The maximum absolute atomic E-state index is 5.53. The number of anilines is 1. The van der Waals surface area contributed by atoms with Crippen molar-refractivity contribution in [2.24, 2.45) is 0 Å². The highest BCUT2D eigenvalue weighted by Gasteiger charge is 2.17. The third-order valence-corrected chi connectivity index (χ3v) is 5.27. The summed E-state index contributed by atoms with van der Waals surface area (Å²) in [6, 6.07) is 6.12. The molecule has 1 aromatic heterocycles. The fourth-order valence-electron chi connectivity index (χ4n) is 3.79. The minimum atomic E-state index is 0.695. The van der Waals surface area contributed by atoms with E-state index in [2.05, 4.69) is 45.6 Å². The highest BCUT2D eigenvalue weighted by molar-refractivity contribution is 5.97. The summed E-state index contributed by atoms with van der Waals surface area (Å²) >= 11 is 0. The molecule has 0 saturated heterocycles. The van der Waals surface area contributed by atoms with E-state index in [0.29, 0.717) is 11.5 Å². The molecule has 4 nitrogen and oxygen atoms in total. The number of nitrogens with zero attached hydrogens (tertiary/aromatic N) is 2. The molecule has 0 unspecified atom stereocenters. The molecule has 0 bridgehead atoms. The molecule has 30 heavy (non-hydrogen) atoms. The van der Waals surface area contributed by atoms with Crippen LogP contribution in [0.4, 0.5) is 5.82 Å².